The lowest BCUT2D eigenvalue weighted by Crippen LogP contribution is -2.47. The fraction of sp³-hybridized carbons (Fsp3) is 0.625. The van der Waals surface area contributed by atoms with E-state index in [0.29, 0.717) is 12.3 Å². The van der Waals surface area contributed by atoms with Crippen LogP contribution in [0.3, 0.4) is 0 Å². The Morgan fingerprint density at radius 3 is 2.65 bits per heavy atom. The van der Waals surface area contributed by atoms with Crippen LogP contribution in [0, 0.1) is 11.8 Å². The van der Waals surface area contributed by atoms with E-state index in [4.69, 9.17) is 0 Å². The van der Waals surface area contributed by atoms with Crippen molar-refractivity contribution in [1.29, 1.82) is 0 Å². The molecular weight excluding hydrogens is 270 g/mol. The van der Waals surface area contributed by atoms with Gasteiger partial charge in [-0.3, -0.25) is 14.9 Å². The van der Waals surface area contributed by atoms with Gasteiger partial charge in [0.05, 0.1) is 0 Å². The van der Waals surface area contributed by atoms with E-state index in [1.807, 2.05) is 0 Å². The first kappa shape index (κ1) is 13.8. The van der Waals surface area contributed by atoms with Crippen LogP contribution in [0.25, 0.3) is 0 Å². The van der Waals surface area contributed by atoms with Crippen molar-refractivity contribution in [3.05, 3.63) is 21.9 Å². The van der Waals surface area contributed by atoms with Crippen molar-refractivity contribution in [3.63, 3.8) is 0 Å². The number of nitrogens with one attached hydrogen (secondary N) is 1. The largest absolute Gasteiger partial charge is 0.296 e. The van der Waals surface area contributed by atoms with Gasteiger partial charge in [-0.25, -0.2) is 0 Å². The minimum atomic E-state index is -0.110. The summed E-state index contributed by atoms with van der Waals surface area (Å²) in [5.41, 5.74) is 0. The van der Waals surface area contributed by atoms with Crippen LogP contribution in [-0.4, -0.2) is 11.8 Å². The molecule has 2 heterocycles. The Labute approximate surface area is 123 Å². The first-order chi connectivity index (χ1) is 9.69. The average Bonchev–Trinajstić information content (AvgIpc) is 3.09. The van der Waals surface area contributed by atoms with Crippen LogP contribution in [0.2, 0.25) is 0 Å². The van der Waals surface area contributed by atoms with E-state index in [0.717, 1.165) is 19.3 Å². The van der Waals surface area contributed by atoms with E-state index in [1.165, 1.54) is 22.6 Å². The predicted octanol–water partition coefficient (Wildman–Crippen LogP) is 3.25. The van der Waals surface area contributed by atoms with Crippen LogP contribution >= 0.6 is 11.3 Å². The molecule has 0 radical (unpaired) electrons. The van der Waals surface area contributed by atoms with E-state index >= 15 is 0 Å². The lowest BCUT2D eigenvalue weighted by molar-refractivity contribution is -0.138. The van der Waals surface area contributed by atoms with Crippen molar-refractivity contribution < 1.29 is 9.59 Å². The fourth-order valence-corrected chi connectivity index (χ4v) is 4.80. The van der Waals surface area contributed by atoms with Gasteiger partial charge in [-0.1, -0.05) is 19.8 Å². The maximum atomic E-state index is 12.3. The molecule has 1 N–H and O–H groups in total. The number of imide groups is 1. The van der Waals surface area contributed by atoms with Crippen LogP contribution in [0.15, 0.2) is 12.1 Å². The summed E-state index contributed by atoms with van der Waals surface area (Å²) >= 11 is 1.77. The van der Waals surface area contributed by atoms with Gasteiger partial charge in [0.25, 0.3) is 0 Å². The second kappa shape index (κ2) is 5.68. The Morgan fingerprint density at radius 2 is 2.00 bits per heavy atom. The van der Waals surface area contributed by atoms with E-state index < -0.39 is 0 Å². The summed E-state index contributed by atoms with van der Waals surface area (Å²) in [7, 11) is 0. The van der Waals surface area contributed by atoms with Crippen molar-refractivity contribution >= 4 is 23.2 Å². The molecule has 2 fully saturated rings. The van der Waals surface area contributed by atoms with E-state index in [1.54, 1.807) is 11.3 Å². The Kier molecular flexibility index (Phi) is 3.92. The molecule has 2 atom stereocenters. The van der Waals surface area contributed by atoms with Crippen LogP contribution in [0.5, 0.6) is 0 Å². The summed E-state index contributed by atoms with van der Waals surface area (Å²) < 4.78 is 0. The average molecular weight is 291 g/mol. The standard InChI is InChI=1S/C16H21NO2S/c1-2-11-7-8-13(20-11)12-9-14(18)17-16(19)15(12)10-5-3-4-6-10/h7-8,10,12,15H,2-6,9H2,1H3,(H,17,18,19). The lowest BCUT2D eigenvalue weighted by Gasteiger charge is -2.33. The predicted molar refractivity (Wildman–Crippen MR) is 79.7 cm³/mol. The number of thiophene rings is 1. The van der Waals surface area contributed by atoms with Gasteiger partial charge in [0, 0.05) is 28.0 Å². The third kappa shape index (κ3) is 2.53. The molecule has 0 bridgehead atoms. The second-order valence-corrected chi connectivity index (χ2v) is 7.15. The molecule has 3 nitrogen and oxygen atoms in total. The van der Waals surface area contributed by atoms with Gasteiger partial charge in [-0.05, 0) is 37.3 Å². The molecule has 2 unspecified atom stereocenters. The van der Waals surface area contributed by atoms with Gasteiger partial charge in [0.2, 0.25) is 11.8 Å². The minimum Gasteiger partial charge on any atom is -0.296 e. The molecule has 1 saturated carbocycles. The number of aryl methyl sites for hydroxylation is 1. The Hall–Kier alpha value is -1.16. The summed E-state index contributed by atoms with van der Waals surface area (Å²) in [5.74, 6) is 0.411. The third-order valence-corrected chi connectivity index (χ3v) is 6.07. The van der Waals surface area contributed by atoms with Crippen molar-refractivity contribution in [2.45, 2.75) is 51.4 Å². The molecule has 1 aromatic heterocycles. The van der Waals surface area contributed by atoms with Gasteiger partial charge in [0.15, 0.2) is 0 Å². The number of piperidine rings is 1. The SMILES string of the molecule is CCc1ccc(C2CC(=O)NC(=O)C2C2CCCC2)s1. The quantitative estimate of drug-likeness (QED) is 0.869. The van der Waals surface area contributed by atoms with Gasteiger partial charge >= 0.3 is 0 Å². The van der Waals surface area contributed by atoms with Crippen molar-refractivity contribution in [2.24, 2.45) is 11.8 Å². The highest BCUT2D eigenvalue weighted by Crippen LogP contribution is 2.44. The highest BCUT2D eigenvalue weighted by atomic mass is 32.1. The van der Waals surface area contributed by atoms with E-state index in [2.05, 4.69) is 24.4 Å². The van der Waals surface area contributed by atoms with Crippen LogP contribution in [0.4, 0.5) is 0 Å². The molecule has 0 spiro atoms. The highest BCUT2D eigenvalue weighted by Gasteiger charge is 2.42. The molecule has 1 aliphatic heterocycles. The molecule has 3 rings (SSSR count). The minimum absolute atomic E-state index is 0.00134. The lowest BCUT2D eigenvalue weighted by atomic mass is 9.75. The van der Waals surface area contributed by atoms with Gasteiger partial charge < -0.3 is 0 Å². The first-order valence-corrected chi connectivity index (χ1v) is 8.43. The monoisotopic (exact) mass is 291 g/mol. The molecule has 1 saturated heterocycles. The molecule has 108 valence electrons. The number of hydrogen-bond donors (Lipinski definition) is 1. The topological polar surface area (TPSA) is 46.2 Å². The summed E-state index contributed by atoms with van der Waals surface area (Å²) in [6.45, 7) is 2.14. The summed E-state index contributed by atoms with van der Waals surface area (Å²) in [4.78, 5) is 26.7. The zero-order chi connectivity index (χ0) is 14.1. The molecule has 1 aliphatic carbocycles. The zero-order valence-electron chi connectivity index (χ0n) is 11.9. The number of carbonyl (C=O) groups is 2. The van der Waals surface area contributed by atoms with Gasteiger partial charge in [-0.2, -0.15) is 0 Å². The van der Waals surface area contributed by atoms with Gasteiger partial charge in [-0.15, -0.1) is 11.3 Å². The number of rotatable bonds is 3. The summed E-state index contributed by atoms with van der Waals surface area (Å²) in [6.07, 6.45) is 6.20. The molecule has 1 aromatic rings. The van der Waals surface area contributed by atoms with E-state index in [9.17, 15) is 9.59 Å². The van der Waals surface area contributed by atoms with Crippen LogP contribution in [0.1, 0.15) is 54.7 Å². The normalized spacial score (nSPS) is 27.9. The number of hydrogen-bond acceptors (Lipinski definition) is 3. The summed E-state index contributed by atoms with van der Waals surface area (Å²) in [5, 5.41) is 2.55. The number of carbonyl (C=O) groups excluding carboxylic acids is 2. The highest BCUT2D eigenvalue weighted by molar-refractivity contribution is 7.12. The molecule has 4 heteroatoms. The smallest absolute Gasteiger partial charge is 0.230 e. The first-order valence-electron chi connectivity index (χ1n) is 7.61. The third-order valence-electron chi connectivity index (χ3n) is 4.71. The van der Waals surface area contributed by atoms with Crippen molar-refractivity contribution in [2.75, 3.05) is 0 Å². The van der Waals surface area contributed by atoms with Crippen molar-refractivity contribution in [3.8, 4) is 0 Å². The van der Waals surface area contributed by atoms with Crippen LogP contribution in [-0.2, 0) is 16.0 Å². The Morgan fingerprint density at radius 1 is 1.25 bits per heavy atom. The van der Waals surface area contributed by atoms with E-state index in [-0.39, 0.29) is 23.7 Å². The molecule has 0 aromatic carbocycles. The Balaban J connectivity index is 1.90. The molecule has 2 amide bonds. The maximum absolute atomic E-state index is 12.3. The van der Waals surface area contributed by atoms with Crippen LogP contribution < -0.4 is 5.32 Å². The van der Waals surface area contributed by atoms with Crippen molar-refractivity contribution in [1.82, 2.24) is 5.32 Å². The Bertz CT molecular complexity index is 516. The second-order valence-electron chi connectivity index (χ2n) is 5.95. The molecule has 2 aliphatic rings. The zero-order valence-corrected chi connectivity index (χ0v) is 12.7. The van der Waals surface area contributed by atoms with Gasteiger partial charge in [0.1, 0.15) is 0 Å². The molecule has 20 heavy (non-hydrogen) atoms. The summed E-state index contributed by atoms with van der Waals surface area (Å²) in [6, 6.07) is 4.27. The maximum Gasteiger partial charge on any atom is 0.230 e. The number of amides is 2. The molecular formula is C16H21NO2S. The fourth-order valence-electron chi connectivity index (χ4n) is 3.70.